The molecule has 0 unspecified atom stereocenters. The van der Waals surface area contributed by atoms with Crippen molar-refractivity contribution in [3.05, 3.63) is 24.3 Å². The Balaban J connectivity index is 2.50. The average Bonchev–Trinajstić information content (AvgIpc) is 2.16. The van der Waals surface area contributed by atoms with E-state index < -0.39 is 17.0 Å². The van der Waals surface area contributed by atoms with E-state index in [0.29, 0.717) is 11.2 Å². The van der Waals surface area contributed by atoms with Crippen molar-refractivity contribution in [3.63, 3.8) is 0 Å². The number of benzene rings is 1. The normalized spacial score (nSPS) is 11.2. The Hall–Kier alpha value is -1.05. The molecule has 0 aliphatic heterocycles. The molecule has 7 heteroatoms. The summed E-state index contributed by atoms with van der Waals surface area (Å²) in [4.78, 5) is 0. The molecule has 0 aliphatic rings. The molecule has 1 aromatic rings. The molecule has 2 N–H and O–H groups in total. The molecule has 0 saturated heterocycles. The smallest absolute Gasteiger partial charge is 0.488 e. The molecule has 0 radical (unpaired) electrons. The predicted octanol–water partition coefficient (Wildman–Crippen LogP) is -1.21. The highest BCUT2D eigenvalue weighted by atomic mass is 32.2. The van der Waals surface area contributed by atoms with E-state index in [-0.39, 0.29) is 12.4 Å². The predicted molar refractivity (Wildman–Crippen MR) is 61.5 cm³/mol. The fourth-order valence-corrected chi connectivity index (χ4v) is 1.43. The number of sulfone groups is 1. The molecule has 0 heterocycles. The van der Waals surface area contributed by atoms with Crippen LogP contribution in [0.25, 0.3) is 0 Å². The molecule has 1 rings (SSSR count). The van der Waals surface area contributed by atoms with E-state index in [1.807, 2.05) is 0 Å². The van der Waals surface area contributed by atoms with E-state index in [1.165, 1.54) is 12.1 Å². The van der Waals surface area contributed by atoms with Gasteiger partial charge in [0, 0.05) is 6.26 Å². The van der Waals surface area contributed by atoms with Crippen LogP contribution < -0.4 is 10.2 Å². The third-order valence-electron chi connectivity index (χ3n) is 1.90. The molecule has 0 aliphatic carbocycles. The van der Waals surface area contributed by atoms with Gasteiger partial charge in [-0.15, -0.1) is 0 Å². The number of hydrogen-bond donors (Lipinski definition) is 2. The van der Waals surface area contributed by atoms with Crippen LogP contribution in [0.3, 0.4) is 0 Å². The molecule has 88 valence electrons. The van der Waals surface area contributed by atoms with Gasteiger partial charge in [-0.25, -0.2) is 8.42 Å². The number of rotatable bonds is 5. The summed E-state index contributed by atoms with van der Waals surface area (Å²) < 4.78 is 26.8. The van der Waals surface area contributed by atoms with Crippen LogP contribution in [0.1, 0.15) is 0 Å². The van der Waals surface area contributed by atoms with Gasteiger partial charge in [-0.3, -0.25) is 0 Å². The van der Waals surface area contributed by atoms with E-state index >= 15 is 0 Å². The summed E-state index contributed by atoms with van der Waals surface area (Å²) in [6, 6.07) is 6.11. The molecule has 1 aromatic carbocycles. The highest BCUT2D eigenvalue weighted by molar-refractivity contribution is 7.90. The molecule has 0 amide bonds. The SMILES string of the molecule is CS(=O)(=O)CCOc1ccc(B(O)O)cc1. The minimum Gasteiger partial charge on any atom is -0.493 e. The van der Waals surface area contributed by atoms with Crippen molar-refractivity contribution < 1.29 is 23.2 Å². The zero-order chi connectivity index (χ0) is 12.2. The zero-order valence-electron chi connectivity index (χ0n) is 8.83. The Kier molecular flexibility index (Phi) is 4.34. The Morgan fingerprint density at radius 1 is 1.25 bits per heavy atom. The van der Waals surface area contributed by atoms with Crippen LogP contribution in [0.4, 0.5) is 0 Å². The Morgan fingerprint density at radius 2 is 1.81 bits per heavy atom. The Morgan fingerprint density at radius 3 is 2.25 bits per heavy atom. The van der Waals surface area contributed by atoms with Crippen molar-refractivity contribution in [2.45, 2.75) is 0 Å². The van der Waals surface area contributed by atoms with Gasteiger partial charge in [-0.2, -0.15) is 0 Å². The van der Waals surface area contributed by atoms with Gasteiger partial charge in [-0.1, -0.05) is 12.1 Å². The van der Waals surface area contributed by atoms with Crippen LogP contribution in [-0.4, -0.2) is 44.2 Å². The molecular weight excluding hydrogens is 231 g/mol. The van der Waals surface area contributed by atoms with Crippen molar-refractivity contribution >= 4 is 22.4 Å². The van der Waals surface area contributed by atoms with Gasteiger partial charge in [0.25, 0.3) is 0 Å². The number of hydrogen-bond acceptors (Lipinski definition) is 5. The summed E-state index contributed by atoms with van der Waals surface area (Å²) in [7, 11) is -4.53. The summed E-state index contributed by atoms with van der Waals surface area (Å²) in [5.41, 5.74) is 0.357. The van der Waals surface area contributed by atoms with Crippen LogP contribution >= 0.6 is 0 Å². The van der Waals surface area contributed by atoms with E-state index in [4.69, 9.17) is 14.8 Å². The van der Waals surface area contributed by atoms with Crippen molar-refractivity contribution in [1.82, 2.24) is 0 Å². The van der Waals surface area contributed by atoms with Crippen LogP contribution in [0.15, 0.2) is 24.3 Å². The summed E-state index contributed by atoms with van der Waals surface area (Å²) in [6.07, 6.45) is 1.14. The summed E-state index contributed by atoms with van der Waals surface area (Å²) >= 11 is 0. The van der Waals surface area contributed by atoms with E-state index in [9.17, 15) is 8.42 Å². The third-order valence-corrected chi connectivity index (χ3v) is 2.81. The minimum atomic E-state index is -3.02. The molecular formula is C9H13BO5S. The molecule has 5 nitrogen and oxygen atoms in total. The van der Waals surface area contributed by atoms with Gasteiger partial charge in [0.2, 0.25) is 0 Å². The van der Waals surface area contributed by atoms with Crippen LogP contribution in [0, 0.1) is 0 Å². The van der Waals surface area contributed by atoms with Gasteiger partial charge in [-0.05, 0) is 17.6 Å². The maximum absolute atomic E-state index is 10.8. The lowest BCUT2D eigenvalue weighted by Crippen LogP contribution is -2.29. The lowest BCUT2D eigenvalue weighted by atomic mass is 9.80. The van der Waals surface area contributed by atoms with Crippen LogP contribution in [0.5, 0.6) is 5.75 Å². The molecule has 16 heavy (non-hydrogen) atoms. The quantitative estimate of drug-likeness (QED) is 0.635. The second kappa shape index (κ2) is 5.33. The van der Waals surface area contributed by atoms with Crippen LogP contribution in [0.2, 0.25) is 0 Å². The first-order chi connectivity index (χ1) is 7.38. The lowest BCUT2D eigenvalue weighted by molar-refractivity contribution is 0.341. The first-order valence-electron chi connectivity index (χ1n) is 4.65. The van der Waals surface area contributed by atoms with Gasteiger partial charge in [0.1, 0.15) is 12.4 Å². The van der Waals surface area contributed by atoms with Crippen molar-refractivity contribution in [3.8, 4) is 5.75 Å². The summed E-state index contributed by atoms with van der Waals surface area (Å²) in [5, 5.41) is 17.7. The molecule has 0 atom stereocenters. The maximum atomic E-state index is 10.8. The highest BCUT2D eigenvalue weighted by Gasteiger charge is 2.10. The molecule has 0 spiro atoms. The maximum Gasteiger partial charge on any atom is 0.488 e. The van der Waals surface area contributed by atoms with Gasteiger partial charge in [0.05, 0.1) is 5.75 Å². The van der Waals surface area contributed by atoms with Gasteiger partial charge >= 0.3 is 7.12 Å². The summed E-state index contributed by atoms with van der Waals surface area (Å²) in [6.45, 7) is 0.0832. The minimum absolute atomic E-state index is 0.0443. The van der Waals surface area contributed by atoms with E-state index in [2.05, 4.69) is 0 Å². The molecule has 0 fully saturated rings. The monoisotopic (exact) mass is 244 g/mol. The topological polar surface area (TPSA) is 83.8 Å². The van der Waals surface area contributed by atoms with Crippen molar-refractivity contribution in [1.29, 1.82) is 0 Å². The number of ether oxygens (including phenoxy) is 1. The van der Waals surface area contributed by atoms with Gasteiger partial charge < -0.3 is 14.8 Å². The molecule has 0 bridgehead atoms. The standard InChI is InChI=1S/C9H13BO5S/c1-16(13,14)7-6-15-9-4-2-8(3-5-9)10(11)12/h2-5,11-12H,6-7H2,1H3. The van der Waals surface area contributed by atoms with E-state index in [0.717, 1.165) is 6.26 Å². The van der Waals surface area contributed by atoms with Crippen molar-refractivity contribution in [2.24, 2.45) is 0 Å². The molecule has 0 saturated carbocycles. The summed E-state index contributed by atoms with van der Waals surface area (Å²) in [5.74, 6) is 0.449. The second-order valence-electron chi connectivity index (χ2n) is 3.42. The fraction of sp³-hybridized carbons (Fsp3) is 0.333. The van der Waals surface area contributed by atoms with Crippen molar-refractivity contribution in [2.75, 3.05) is 18.6 Å². The fourth-order valence-electron chi connectivity index (χ4n) is 1.05. The van der Waals surface area contributed by atoms with E-state index in [1.54, 1.807) is 12.1 Å². The zero-order valence-corrected chi connectivity index (χ0v) is 9.64. The second-order valence-corrected chi connectivity index (χ2v) is 5.68. The Labute approximate surface area is 94.7 Å². The first kappa shape index (κ1) is 13.0. The Bertz CT molecular complexity index is 426. The van der Waals surface area contributed by atoms with Gasteiger partial charge in [0.15, 0.2) is 9.84 Å². The molecule has 0 aromatic heterocycles. The first-order valence-corrected chi connectivity index (χ1v) is 6.71. The highest BCUT2D eigenvalue weighted by Crippen LogP contribution is 2.07. The third kappa shape index (κ3) is 4.65. The van der Waals surface area contributed by atoms with Crippen LogP contribution in [-0.2, 0) is 9.84 Å². The largest absolute Gasteiger partial charge is 0.493 e. The average molecular weight is 244 g/mol. The lowest BCUT2D eigenvalue weighted by Gasteiger charge is -2.06.